The third-order valence-electron chi connectivity index (χ3n) is 3.51. The first-order valence-electron chi connectivity index (χ1n) is 6.61. The van der Waals surface area contributed by atoms with Crippen LogP contribution in [0.3, 0.4) is 0 Å². The normalized spacial score (nSPS) is 10.5. The molecule has 1 heterocycles. The quantitative estimate of drug-likeness (QED) is 0.836. The molecule has 20 heavy (non-hydrogen) atoms. The number of pyridine rings is 1. The monoisotopic (exact) mass is 270 g/mol. The van der Waals surface area contributed by atoms with Crippen molar-refractivity contribution in [3.8, 4) is 0 Å². The van der Waals surface area contributed by atoms with Gasteiger partial charge in [-0.15, -0.1) is 0 Å². The number of nitrogens with one attached hydrogen (secondary N) is 1. The molecule has 0 unspecified atom stereocenters. The van der Waals surface area contributed by atoms with Gasteiger partial charge in [-0.2, -0.15) is 0 Å². The second kappa shape index (κ2) is 5.74. The maximum Gasteiger partial charge on any atom is 0.271 e. The summed E-state index contributed by atoms with van der Waals surface area (Å²) in [5.41, 5.74) is 10.3. The lowest BCUT2D eigenvalue weighted by Gasteiger charge is -2.13. The third-order valence-corrected chi connectivity index (χ3v) is 3.51. The molecule has 0 aliphatic rings. The smallest absolute Gasteiger partial charge is 0.271 e. The number of hydrogen-bond acceptors (Lipinski definition) is 3. The minimum absolute atomic E-state index is 0.249. The van der Waals surface area contributed by atoms with E-state index in [9.17, 15) is 9.59 Å². The van der Waals surface area contributed by atoms with Crippen molar-refractivity contribution in [2.24, 2.45) is 0 Å². The van der Waals surface area contributed by atoms with Crippen molar-refractivity contribution in [3.05, 3.63) is 62.6 Å². The number of rotatable bonds is 4. The summed E-state index contributed by atoms with van der Waals surface area (Å²) in [4.78, 5) is 25.4. The van der Waals surface area contributed by atoms with Gasteiger partial charge in [0.15, 0.2) is 0 Å². The number of aryl methyl sites for hydroxylation is 1. The Balaban J connectivity index is 2.52. The van der Waals surface area contributed by atoms with Crippen LogP contribution in [-0.2, 0) is 12.8 Å². The van der Waals surface area contributed by atoms with Gasteiger partial charge < -0.3 is 10.7 Å². The minimum Gasteiger partial charge on any atom is -0.394 e. The zero-order valence-corrected chi connectivity index (χ0v) is 11.7. The molecule has 1 aromatic heterocycles. The number of carbonyl (C=O) groups is 1. The molecular formula is C16H18N2O2. The predicted octanol–water partition coefficient (Wildman–Crippen LogP) is 2.23. The minimum atomic E-state index is -0.249. The van der Waals surface area contributed by atoms with Gasteiger partial charge in [0.2, 0.25) is 0 Å². The highest BCUT2D eigenvalue weighted by Crippen LogP contribution is 2.21. The Bertz CT molecular complexity index is 702. The lowest BCUT2D eigenvalue weighted by molar-refractivity contribution is 0.112. The highest BCUT2D eigenvalue weighted by Gasteiger charge is 2.12. The summed E-state index contributed by atoms with van der Waals surface area (Å²) in [6.07, 6.45) is 2.17. The fourth-order valence-electron chi connectivity index (χ4n) is 2.50. The Morgan fingerprint density at radius 1 is 1.30 bits per heavy atom. The second-order valence-corrected chi connectivity index (χ2v) is 4.84. The summed E-state index contributed by atoms with van der Waals surface area (Å²) in [5, 5.41) is 0. The number of H-pyrrole nitrogens is 1. The third kappa shape index (κ3) is 2.64. The number of aromatic amines is 1. The van der Waals surface area contributed by atoms with Crippen LogP contribution in [0.1, 0.15) is 39.7 Å². The summed E-state index contributed by atoms with van der Waals surface area (Å²) in [6, 6.07) is 7.34. The molecule has 0 fully saturated rings. The lowest BCUT2D eigenvalue weighted by Crippen LogP contribution is -2.19. The van der Waals surface area contributed by atoms with Crippen LogP contribution in [-0.4, -0.2) is 11.3 Å². The Morgan fingerprint density at radius 3 is 2.70 bits per heavy atom. The number of nitrogen functional groups attached to an aromatic ring is 1. The van der Waals surface area contributed by atoms with E-state index in [0.29, 0.717) is 12.0 Å². The van der Waals surface area contributed by atoms with Crippen molar-refractivity contribution in [2.45, 2.75) is 26.7 Å². The van der Waals surface area contributed by atoms with E-state index in [2.05, 4.69) is 4.98 Å². The van der Waals surface area contributed by atoms with E-state index in [1.807, 2.05) is 32.0 Å². The fraction of sp³-hybridized carbons (Fsp3) is 0.250. The van der Waals surface area contributed by atoms with Crippen LogP contribution in [0.2, 0.25) is 0 Å². The van der Waals surface area contributed by atoms with Gasteiger partial charge >= 0.3 is 0 Å². The number of benzene rings is 1. The van der Waals surface area contributed by atoms with E-state index in [0.717, 1.165) is 35.1 Å². The predicted molar refractivity (Wildman–Crippen MR) is 80.2 cm³/mol. The molecule has 2 rings (SSSR count). The van der Waals surface area contributed by atoms with E-state index < -0.39 is 0 Å². The number of carbonyl (C=O) groups excluding carboxylic acids is 1. The standard InChI is InChI=1S/C16H18N2O2/c1-3-13-10(2)18-16(20)15(17)14(13)8-11-5-4-6-12(7-11)9-19/h4-7,9H,3,8,17H2,1-2H3,(H,18,20). The van der Waals surface area contributed by atoms with Crippen LogP contribution in [0.15, 0.2) is 29.1 Å². The molecule has 0 bridgehead atoms. The van der Waals surface area contributed by atoms with Crippen molar-refractivity contribution >= 4 is 12.0 Å². The van der Waals surface area contributed by atoms with E-state index in [1.165, 1.54) is 0 Å². The van der Waals surface area contributed by atoms with E-state index >= 15 is 0 Å². The van der Waals surface area contributed by atoms with E-state index in [1.54, 1.807) is 6.07 Å². The molecule has 2 aromatic rings. The topological polar surface area (TPSA) is 75.9 Å². The van der Waals surface area contributed by atoms with Gasteiger partial charge in [0, 0.05) is 17.7 Å². The molecule has 0 amide bonds. The highest BCUT2D eigenvalue weighted by atomic mass is 16.1. The maximum absolute atomic E-state index is 11.8. The molecule has 0 radical (unpaired) electrons. The van der Waals surface area contributed by atoms with Crippen molar-refractivity contribution in [3.63, 3.8) is 0 Å². The Kier molecular flexibility index (Phi) is 4.03. The van der Waals surface area contributed by atoms with Crippen LogP contribution in [0.5, 0.6) is 0 Å². The van der Waals surface area contributed by atoms with Crippen LogP contribution in [0.25, 0.3) is 0 Å². The summed E-state index contributed by atoms with van der Waals surface area (Å²) < 4.78 is 0. The van der Waals surface area contributed by atoms with Crippen LogP contribution in [0.4, 0.5) is 5.69 Å². The average Bonchev–Trinajstić information content (AvgIpc) is 2.45. The van der Waals surface area contributed by atoms with Gasteiger partial charge in [-0.05, 0) is 36.1 Å². The largest absolute Gasteiger partial charge is 0.394 e. The molecule has 4 heteroatoms. The molecule has 0 aliphatic heterocycles. The average molecular weight is 270 g/mol. The number of nitrogens with two attached hydrogens (primary N) is 1. The Morgan fingerprint density at radius 2 is 2.05 bits per heavy atom. The van der Waals surface area contributed by atoms with Gasteiger partial charge in [-0.3, -0.25) is 9.59 Å². The molecular weight excluding hydrogens is 252 g/mol. The molecule has 4 nitrogen and oxygen atoms in total. The number of aromatic nitrogens is 1. The summed E-state index contributed by atoms with van der Waals surface area (Å²) >= 11 is 0. The fourth-order valence-corrected chi connectivity index (χ4v) is 2.50. The Hall–Kier alpha value is -2.36. The van der Waals surface area contributed by atoms with Gasteiger partial charge in [-0.25, -0.2) is 0 Å². The van der Waals surface area contributed by atoms with Crippen molar-refractivity contribution < 1.29 is 4.79 Å². The highest BCUT2D eigenvalue weighted by molar-refractivity contribution is 5.75. The number of aldehydes is 1. The zero-order valence-electron chi connectivity index (χ0n) is 11.7. The summed E-state index contributed by atoms with van der Waals surface area (Å²) in [7, 11) is 0. The molecule has 0 saturated heterocycles. The van der Waals surface area contributed by atoms with Gasteiger partial charge in [-0.1, -0.05) is 25.1 Å². The van der Waals surface area contributed by atoms with Gasteiger partial charge in [0.25, 0.3) is 5.56 Å². The molecule has 3 N–H and O–H groups in total. The lowest BCUT2D eigenvalue weighted by atomic mass is 9.95. The maximum atomic E-state index is 11.8. The van der Waals surface area contributed by atoms with Crippen molar-refractivity contribution in [1.82, 2.24) is 4.98 Å². The van der Waals surface area contributed by atoms with Crippen LogP contribution < -0.4 is 11.3 Å². The van der Waals surface area contributed by atoms with Crippen LogP contribution >= 0.6 is 0 Å². The molecule has 0 saturated carbocycles. The SMILES string of the molecule is CCc1c(C)[nH]c(=O)c(N)c1Cc1cccc(C=O)c1. The van der Waals surface area contributed by atoms with Crippen LogP contribution in [0, 0.1) is 6.92 Å². The molecule has 0 atom stereocenters. The molecule has 0 aliphatic carbocycles. The number of hydrogen-bond donors (Lipinski definition) is 2. The molecule has 0 spiro atoms. The van der Waals surface area contributed by atoms with Crippen molar-refractivity contribution in [2.75, 3.05) is 5.73 Å². The van der Waals surface area contributed by atoms with Gasteiger partial charge in [0.05, 0.1) is 0 Å². The second-order valence-electron chi connectivity index (χ2n) is 4.84. The van der Waals surface area contributed by atoms with Gasteiger partial charge in [0.1, 0.15) is 12.0 Å². The summed E-state index contributed by atoms with van der Waals surface area (Å²) in [6.45, 7) is 3.91. The van der Waals surface area contributed by atoms with Crippen molar-refractivity contribution in [1.29, 1.82) is 0 Å². The van der Waals surface area contributed by atoms with E-state index in [4.69, 9.17) is 5.73 Å². The zero-order chi connectivity index (χ0) is 14.7. The Labute approximate surface area is 117 Å². The van der Waals surface area contributed by atoms with E-state index in [-0.39, 0.29) is 11.2 Å². The number of anilines is 1. The molecule has 104 valence electrons. The summed E-state index contributed by atoms with van der Waals surface area (Å²) in [5.74, 6) is 0. The first-order valence-corrected chi connectivity index (χ1v) is 6.61. The first kappa shape index (κ1) is 14.1. The molecule has 1 aromatic carbocycles. The first-order chi connectivity index (χ1) is 9.56.